The van der Waals surface area contributed by atoms with E-state index >= 15 is 0 Å². The molecular formula is C12H23N3. The van der Waals surface area contributed by atoms with Crippen molar-refractivity contribution in [2.45, 2.75) is 52.4 Å². The van der Waals surface area contributed by atoms with Crippen molar-refractivity contribution in [3.8, 4) is 0 Å². The van der Waals surface area contributed by atoms with Crippen LogP contribution >= 0.6 is 0 Å². The lowest BCUT2D eigenvalue weighted by Crippen LogP contribution is -1.89. The summed E-state index contributed by atoms with van der Waals surface area (Å²) in [5.74, 6) is 0.852. The maximum Gasteiger partial charge on any atom is 0.0827 e. The van der Waals surface area contributed by atoms with Crippen molar-refractivity contribution >= 4 is 0 Å². The Morgan fingerprint density at radius 1 is 1.20 bits per heavy atom. The summed E-state index contributed by atoms with van der Waals surface area (Å²) in [5.41, 5.74) is 1.13. The number of nitrogens with zero attached hydrogens (tertiary/aromatic N) is 3. The van der Waals surface area contributed by atoms with Gasteiger partial charge >= 0.3 is 0 Å². The molecule has 0 aliphatic rings. The second kappa shape index (κ2) is 6.59. The highest BCUT2D eigenvalue weighted by Gasteiger charge is 1.98. The summed E-state index contributed by atoms with van der Waals surface area (Å²) in [7, 11) is 1.92. The van der Waals surface area contributed by atoms with Crippen LogP contribution in [0.3, 0.4) is 0 Å². The predicted molar refractivity (Wildman–Crippen MR) is 62.6 cm³/mol. The lowest BCUT2D eigenvalue weighted by Gasteiger charge is -2.03. The van der Waals surface area contributed by atoms with Gasteiger partial charge in [-0.05, 0) is 18.8 Å². The fraction of sp³-hybridized carbons (Fsp3) is 0.833. The van der Waals surface area contributed by atoms with Gasteiger partial charge in [-0.1, -0.05) is 44.7 Å². The molecule has 0 unspecified atom stereocenters. The van der Waals surface area contributed by atoms with Gasteiger partial charge in [-0.3, -0.25) is 4.68 Å². The minimum atomic E-state index is 0.852. The number of aryl methyl sites for hydroxylation is 2. The molecule has 0 N–H and O–H groups in total. The molecule has 0 atom stereocenters. The van der Waals surface area contributed by atoms with Crippen molar-refractivity contribution in [1.82, 2.24) is 15.0 Å². The van der Waals surface area contributed by atoms with Crippen LogP contribution in [-0.2, 0) is 13.5 Å². The third kappa shape index (κ3) is 5.55. The maximum absolute atomic E-state index is 4.07. The lowest BCUT2D eigenvalue weighted by atomic mass is 10.0. The molecule has 0 radical (unpaired) electrons. The van der Waals surface area contributed by atoms with Crippen molar-refractivity contribution < 1.29 is 0 Å². The Morgan fingerprint density at radius 2 is 1.93 bits per heavy atom. The van der Waals surface area contributed by atoms with E-state index in [-0.39, 0.29) is 0 Å². The Labute approximate surface area is 92.9 Å². The fourth-order valence-corrected chi connectivity index (χ4v) is 1.72. The Balaban J connectivity index is 1.98. The Bertz CT molecular complexity index is 266. The van der Waals surface area contributed by atoms with E-state index in [0.717, 1.165) is 18.0 Å². The monoisotopic (exact) mass is 209 g/mol. The van der Waals surface area contributed by atoms with Gasteiger partial charge in [-0.25, -0.2) is 0 Å². The lowest BCUT2D eigenvalue weighted by molar-refractivity contribution is 0.519. The topological polar surface area (TPSA) is 30.7 Å². The first-order valence-electron chi connectivity index (χ1n) is 6.03. The molecule has 1 rings (SSSR count). The molecule has 1 heterocycles. The fourth-order valence-electron chi connectivity index (χ4n) is 1.72. The first kappa shape index (κ1) is 12.2. The zero-order valence-corrected chi connectivity index (χ0v) is 10.2. The smallest absolute Gasteiger partial charge is 0.0827 e. The van der Waals surface area contributed by atoms with E-state index in [2.05, 4.69) is 24.2 Å². The van der Waals surface area contributed by atoms with E-state index in [4.69, 9.17) is 0 Å². The SMILES string of the molecule is CC(C)CCCCCCc1cn(C)nn1. The summed E-state index contributed by atoms with van der Waals surface area (Å²) in [6, 6.07) is 0. The van der Waals surface area contributed by atoms with Crippen LogP contribution in [0.2, 0.25) is 0 Å². The van der Waals surface area contributed by atoms with Crippen molar-refractivity contribution in [3.05, 3.63) is 11.9 Å². The van der Waals surface area contributed by atoms with E-state index in [1.54, 1.807) is 4.68 Å². The van der Waals surface area contributed by atoms with Crippen LogP contribution in [-0.4, -0.2) is 15.0 Å². The summed E-state index contributed by atoms with van der Waals surface area (Å²) < 4.78 is 1.77. The maximum atomic E-state index is 4.07. The zero-order chi connectivity index (χ0) is 11.1. The van der Waals surface area contributed by atoms with Gasteiger partial charge in [0, 0.05) is 13.2 Å². The summed E-state index contributed by atoms with van der Waals surface area (Å²) in [4.78, 5) is 0. The molecule has 0 aliphatic carbocycles. The molecule has 1 aromatic heterocycles. The second-order valence-corrected chi connectivity index (χ2v) is 4.73. The van der Waals surface area contributed by atoms with Gasteiger partial charge in [0.25, 0.3) is 0 Å². The van der Waals surface area contributed by atoms with Crippen molar-refractivity contribution in [2.75, 3.05) is 0 Å². The van der Waals surface area contributed by atoms with Crippen LogP contribution in [0.5, 0.6) is 0 Å². The highest BCUT2D eigenvalue weighted by Crippen LogP contribution is 2.10. The average molecular weight is 209 g/mol. The Morgan fingerprint density at radius 3 is 2.53 bits per heavy atom. The molecule has 0 fully saturated rings. The van der Waals surface area contributed by atoms with Crippen LogP contribution in [0.25, 0.3) is 0 Å². The van der Waals surface area contributed by atoms with Gasteiger partial charge in [0.1, 0.15) is 0 Å². The molecule has 0 bridgehead atoms. The third-order valence-corrected chi connectivity index (χ3v) is 2.61. The Kier molecular flexibility index (Phi) is 5.37. The van der Waals surface area contributed by atoms with Crippen LogP contribution in [0, 0.1) is 5.92 Å². The predicted octanol–water partition coefficient (Wildman–Crippen LogP) is 2.96. The minimum Gasteiger partial charge on any atom is -0.255 e. The van der Waals surface area contributed by atoms with E-state index in [1.807, 2.05) is 13.2 Å². The number of aromatic nitrogens is 3. The van der Waals surface area contributed by atoms with Gasteiger partial charge in [0.2, 0.25) is 0 Å². The molecular weight excluding hydrogens is 186 g/mol. The third-order valence-electron chi connectivity index (χ3n) is 2.61. The summed E-state index contributed by atoms with van der Waals surface area (Å²) in [5, 5.41) is 8.00. The summed E-state index contributed by atoms with van der Waals surface area (Å²) >= 11 is 0. The molecule has 3 nitrogen and oxygen atoms in total. The van der Waals surface area contributed by atoms with E-state index in [0.29, 0.717) is 0 Å². The molecule has 0 amide bonds. The molecule has 0 spiro atoms. The van der Waals surface area contributed by atoms with Crippen molar-refractivity contribution in [2.24, 2.45) is 13.0 Å². The number of hydrogen-bond donors (Lipinski definition) is 0. The largest absolute Gasteiger partial charge is 0.255 e. The van der Waals surface area contributed by atoms with Gasteiger partial charge in [0.05, 0.1) is 5.69 Å². The first-order chi connectivity index (χ1) is 7.18. The van der Waals surface area contributed by atoms with Gasteiger partial charge in [-0.15, -0.1) is 5.10 Å². The zero-order valence-electron chi connectivity index (χ0n) is 10.2. The molecule has 0 aliphatic heterocycles. The molecule has 3 heteroatoms. The number of hydrogen-bond acceptors (Lipinski definition) is 2. The van der Waals surface area contributed by atoms with Gasteiger partial charge in [0.15, 0.2) is 0 Å². The first-order valence-corrected chi connectivity index (χ1v) is 6.03. The molecule has 0 saturated heterocycles. The normalized spacial score (nSPS) is 11.2. The van der Waals surface area contributed by atoms with Crippen LogP contribution < -0.4 is 0 Å². The quantitative estimate of drug-likeness (QED) is 0.646. The van der Waals surface area contributed by atoms with Gasteiger partial charge in [-0.2, -0.15) is 0 Å². The summed E-state index contributed by atoms with van der Waals surface area (Å²) in [6.07, 6.45) is 9.76. The standard InChI is InChI=1S/C12H23N3/c1-11(2)8-6-4-5-7-9-12-10-15(3)14-13-12/h10-11H,4-9H2,1-3H3. The highest BCUT2D eigenvalue weighted by atomic mass is 15.4. The van der Waals surface area contributed by atoms with Gasteiger partial charge < -0.3 is 0 Å². The molecule has 0 saturated carbocycles. The minimum absolute atomic E-state index is 0.852. The molecule has 15 heavy (non-hydrogen) atoms. The van der Waals surface area contributed by atoms with Crippen LogP contribution in [0.4, 0.5) is 0 Å². The molecule has 1 aromatic rings. The second-order valence-electron chi connectivity index (χ2n) is 4.73. The Hall–Kier alpha value is -0.860. The molecule has 86 valence electrons. The van der Waals surface area contributed by atoms with Crippen molar-refractivity contribution in [3.63, 3.8) is 0 Å². The van der Waals surface area contributed by atoms with E-state index < -0.39 is 0 Å². The van der Waals surface area contributed by atoms with E-state index in [1.165, 1.54) is 32.1 Å². The van der Waals surface area contributed by atoms with E-state index in [9.17, 15) is 0 Å². The number of rotatable bonds is 7. The summed E-state index contributed by atoms with van der Waals surface area (Å²) in [6.45, 7) is 4.58. The average Bonchev–Trinajstić information content (AvgIpc) is 2.57. The van der Waals surface area contributed by atoms with Crippen molar-refractivity contribution in [1.29, 1.82) is 0 Å². The number of unbranched alkanes of at least 4 members (excludes halogenated alkanes) is 3. The molecule has 0 aromatic carbocycles. The van der Waals surface area contributed by atoms with Crippen LogP contribution in [0.1, 0.15) is 51.6 Å². The van der Waals surface area contributed by atoms with Crippen LogP contribution in [0.15, 0.2) is 6.20 Å². The highest BCUT2D eigenvalue weighted by molar-refractivity contribution is 4.91.